The third-order valence-corrected chi connectivity index (χ3v) is 4.09. The number of hydrogen-bond acceptors (Lipinski definition) is 6. The van der Waals surface area contributed by atoms with Crippen molar-refractivity contribution in [1.29, 1.82) is 0 Å². The van der Waals surface area contributed by atoms with E-state index in [-0.39, 0.29) is 11.9 Å². The SMILES string of the molecule is O=C(COC(=O)C1CCCC1)NC(=O)Nc1ccc2c(c1)OCCO2. The van der Waals surface area contributed by atoms with Gasteiger partial charge in [0.2, 0.25) is 0 Å². The largest absolute Gasteiger partial charge is 0.486 e. The Morgan fingerprint density at radius 2 is 1.80 bits per heavy atom. The minimum Gasteiger partial charge on any atom is -0.486 e. The number of esters is 1. The molecule has 1 heterocycles. The topological polar surface area (TPSA) is 103 Å². The van der Waals surface area contributed by atoms with Gasteiger partial charge in [-0.05, 0) is 25.0 Å². The van der Waals surface area contributed by atoms with Gasteiger partial charge >= 0.3 is 12.0 Å². The first-order valence-electron chi connectivity index (χ1n) is 8.29. The number of imide groups is 1. The van der Waals surface area contributed by atoms with Gasteiger partial charge in [0.25, 0.3) is 5.91 Å². The summed E-state index contributed by atoms with van der Waals surface area (Å²) in [6.45, 7) is 0.450. The van der Waals surface area contributed by atoms with E-state index in [1.54, 1.807) is 18.2 Å². The molecule has 0 bridgehead atoms. The molecule has 0 aromatic heterocycles. The zero-order valence-corrected chi connectivity index (χ0v) is 13.7. The molecule has 1 aliphatic heterocycles. The van der Waals surface area contributed by atoms with E-state index >= 15 is 0 Å². The summed E-state index contributed by atoms with van der Waals surface area (Å²) >= 11 is 0. The van der Waals surface area contributed by atoms with Crippen LogP contribution in [0.25, 0.3) is 0 Å². The van der Waals surface area contributed by atoms with Gasteiger partial charge in [-0.1, -0.05) is 12.8 Å². The fraction of sp³-hybridized carbons (Fsp3) is 0.471. The van der Waals surface area contributed by atoms with Crippen molar-refractivity contribution >= 4 is 23.6 Å². The Morgan fingerprint density at radius 1 is 1.08 bits per heavy atom. The fourth-order valence-corrected chi connectivity index (χ4v) is 2.86. The van der Waals surface area contributed by atoms with Crippen molar-refractivity contribution in [3.05, 3.63) is 18.2 Å². The van der Waals surface area contributed by atoms with Crippen molar-refractivity contribution in [3.8, 4) is 11.5 Å². The van der Waals surface area contributed by atoms with Crippen LogP contribution in [0.4, 0.5) is 10.5 Å². The van der Waals surface area contributed by atoms with Crippen LogP contribution in [0.1, 0.15) is 25.7 Å². The molecule has 0 unspecified atom stereocenters. The number of hydrogen-bond donors (Lipinski definition) is 2. The lowest BCUT2D eigenvalue weighted by atomic mass is 10.1. The maximum Gasteiger partial charge on any atom is 0.325 e. The monoisotopic (exact) mass is 348 g/mol. The summed E-state index contributed by atoms with van der Waals surface area (Å²) in [6, 6.07) is 4.21. The lowest BCUT2D eigenvalue weighted by molar-refractivity contribution is -0.152. The molecule has 1 saturated carbocycles. The number of carbonyl (C=O) groups is 3. The molecule has 25 heavy (non-hydrogen) atoms. The Kier molecular flexibility index (Phi) is 5.37. The first kappa shape index (κ1) is 17.1. The van der Waals surface area contributed by atoms with E-state index in [0.717, 1.165) is 25.7 Å². The number of benzene rings is 1. The van der Waals surface area contributed by atoms with Crippen molar-refractivity contribution in [2.75, 3.05) is 25.1 Å². The van der Waals surface area contributed by atoms with Crippen LogP contribution >= 0.6 is 0 Å². The Labute approximate surface area is 144 Å². The highest BCUT2D eigenvalue weighted by molar-refractivity contribution is 6.02. The number of ether oxygens (including phenoxy) is 3. The number of urea groups is 1. The minimum absolute atomic E-state index is 0.126. The molecule has 2 N–H and O–H groups in total. The lowest BCUT2D eigenvalue weighted by Crippen LogP contribution is -2.37. The van der Waals surface area contributed by atoms with E-state index in [1.165, 1.54) is 0 Å². The van der Waals surface area contributed by atoms with E-state index in [0.29, 0.717) is 30.4 Å². The van der Waals surface area contributed by atoms with Crippen molar-refractivity contribution in [2.24, 2.45) is 5.92 Å². The highest BCUT2D eigenvalue weighted by atomic mass is 16.6. The molecule has 1 aliphatic carbocycles. The summed E-state index contributed by atoms with van der Waals surface area (Å²) in [7, 11) is 0. The number of nitrogens with one attached hydrogen (secondary N) is 2. The van der Waals surface area contributed by atoms with Crippen LogP contribution < -0.4 is 20.1 Å². The average Bonchev–Trinajstić information content (AvgIpc) is 3.14. The van der Waals surface area contributed by atoms with Gasteiger partial charge in [-0.2, -0.15) is 0 Å². The average molecular weight is 348 g/mol. The highest BCUT2D eigenvalue weighted by Crippen LogP contribution is 2.32. The number of fused-ring (bicyclic) bond motifs is 1. The molecule has 2 aliphatic rings. The van der Waals surface area contributed by atoms with Crippen molar-refractivity contribution < 1.29 is 28.6 Å². The van der Waals surface area contributed by atoms with Gasteiger partial charge in [-0.3, -0.25) is 14.9 Å². The van der Waals surface area contributed by atoms with Gasteiger partial charge in [0, 0.05) is 11.8 Å². The van der Waals surface area contributed by atoms with Crippen LogP contribution in [-0.2, 0) is 14.3 Å². The van der Waals surface area contributed by atoms with Crippen LogP contribution in [0.3, 0.4) is 0 Å². The number of rotatable bonds is 4. The van der Waals surface area contributed by atoms with E-state index < -0.39 is 18.5 Å². The molecule has 0 saturated heterocycles. The quantitative estimate of drug-likeness (QED) is 0.805. The van der Waals surface area contributed by atoms with Gasteiger partial charge < -0.3 is 19.5 Å². The summed E-state index contributed by atoms with van der Waals surface area (Å²) in [4.78, 5) is 35.3. The zero-order chi connectivity index (χ0) is 17.6. The molecule has 3 amide bonds. The van der Waals surface area contributed by atoms with E-state index in [4.69, 9.17) is 14.2 Å². The highest BCUT2D eigenvalue weighted by Gasteiger charge is 2.24. The third-order valence-electron chi connectivity index (χ3n) is 4.09. The standard InChI is InChI=1S/C17H20N2O6/c20-15(10-25-16(21)11-3-1-2-4-11)19-17(22)18-12-5-6-13-14(9-12)24-8-7-23-13/h5-6,9,11H,1-4,7-8,10H2,(H2,18,19,20,22). The summed E-state index contributed by atoms with van der Waals surface area (Å²) in [5.41, 5.74) is 0.456. The van der Waals surface area contributed by atoms with Crippen molar-refractivity contribution in [2.45, 2.75) is 25.7 Å². The second-order valence-electron chi connectivity index (χ2n) is 5.95. The molecular weight excluding hydrogens is 328 g/mol. The lowest BCUT2D eigenvalue weighted by Gasteiger charge is -2.19. The molecule has 3 rings (SSSR count). The Morgan fingerprint density at radius 3 is 2.56 bits per heavy atom. The van der Waals surface area contributed by atoms with Crippen LogP contribution in [0.5, 0.6) is 11.5 Å². The third kappa shape index (κ3) is 4.62. The smallest absolute Gasteiger partial charge is 0.325 e. The molecule has 0 radical (unpaired) electrons. The van der Waals surface area contributed by atoms with Gasteiger partial charge in [-0.15, -0.1) is 0 Å². The predicted molar refractivity (Wildman–Crippen MR) is 87.5 cm³/mol. The van der Waals surface area contributed by atoms with Gasteiger partial charge in [0.1, 0.15) is 13.2 Å². The van der Waals surface area contributed by atoms with Crippen LogP contribution in [0, 0.1) is 5.92 Å². The molecule has 8 heteroatoms. The minimum atomic E-state index is -0.710. The number of amides is 3. The van der Waals surface area contributed by atoms with E-state index in [2.05, 4.69) is 10.6 Å². The summed E-state index contributed by atoms with van der Waals surface area (Å²) in [6.07, 6.45) is 3.60. The molecule has 8 nitrogen and oxygen atoms in total. The Hall–Kier alpha value is -2.77. The maximum absolute atomic E-state index is 11.8. The van der Waals surface area contributed by atoms with Crippen molar-refractivity contribution in [3.63, 3.8) is 0 Å². The summed E-state index contributed by atoms with van der Waals surface area (Å²) in [5, 5.41) is 4.63. The second kappa shape index (κ2) is 7.87. The van der Waals surface area contributed by atoms with E-state index in [1.807, 2.05) is 0 Å². The van der Waals surface area contributed by atoms with Gasteiger partial charge in [-0.25, -0.2) is 4.79 Å². The molecule has 134 valence electrons. The fourth-order valence-electron chi connectivity index (χ4n) is 2.86. The van der Waals surface area contributed by atoms with Gasteiger partial charge in [0.15, 0.2) is 18.1 Å². The normalized spacial score (nSPS) is 16.2. The first-order valence-corrected chi connectivity index (χ1v) is 8.29. The summed E-state index contributed by atoms with van der Waals surface area (Å²) < 4.78 is 15.8. The second-order valence-corrected chi connectivity index (χ2v) is 5.95. The Balaban J connectivity index is 1.44. The maximum atomic E-state index is 11.8. The molecular formula is C17H20N2O6. The van der Waals surface area contributed by atoms with Crippen molar-refractivity contribution in [1.82, 2.24) is 5.32 Å². The molecule has 1 fully saturated rings. The van der Waals surface area contributed by atoms with Crippen LogP contribution in [0.2, 0.25) is 0 Å². The predicted octanol–water partition coefficient (Wildman–Crippen LogP) is 1.84. The molecule has 1 aromatic carbocycles. The molecule has 0 spiro atoms. The number of anilines is 1. The Bertz CT molecular complexity index is 669. The molecule has 1 aromatic rings. The summed E-state index contributed by atoms with van der Waals surface area (Å²) in [5.74, 6) is -0.0476. The van der Waals surface area contributed by atoms with Crippen LogP contribution in [0.15, 0.2) is 18.2 Å². The number of carbonyl (C=O) groups excluding carboxylic acids is 3. The molecule has 0 atom stereocenters. The first-order chi connectivity index (χ1) is 12.1. The van der Waals surface area contributed by atoms with Crippen LogP contribution in [-0.4, -0.2) is 37.7 Å². The van der Waals surface area contributed by atoms with Gasteiger partial charge in [0.05, 0.1) is 5.92 Å². The zero-order valence-electron chi connectivity index (χ0n) is 13.7. The van der Waals surface area contributed by atoms with E-state index in [9.17, 15) is 14.4 Å².